The van der Waals surface area contributed by atoms with E-state index in [1.54, 1.807) is 35.7 Å². The number of amides is 4. The summed E-state index contributed by atoms with van der Waals surface area (Å²) in [5, 5.41) is 28.1. The third-order valence-electron chi connectivity index (χ3n) is 6.23. The van der Waals surface area contributed by atoms with Gasteiger partial charge in [-0.2, -0.15) is 51.5 Å². The third-order valence-corrected chi connectivity index (χ3v) is 8.46. The number of nitrogens with one attached hydrogen (secondary N) is 4. The van der Waals surface area contributed by atoms with Crippen molar-refractivity contribution in [2.45, 2.75) is 82.4 Å². The highest BCUT2D eigenvalue weighted by Gasteiger charge is 2.19. The smallest absolute Gasteiger partial charge is 0.373 e. The summed E-state index contributed by atoms with van der Waals surface area (Å²) in [6.07, 6.45) is 8.04. The second kappa shape index (κ2) is 34.2. The molecule has 2 rings (SSSR count). The molecule has 2 atom stereocenters. The number of carboxylic acids is 2. The Kier molecular flexibility index (Phi) is 32.4. The quantitative estimate of drug-likeness (QED) is 0.0773. The fourth-order valence-electron chi connectivity index (χ4n) is 3.86. The minimum atomic E-state index is -1.03. The van der Waals surface area contributed by atoms with Gasteiger partial charge in [-0.15, -0.1) is 0 Å². The van der Waals surface area contributed by atoms with E-state index in [1.165, 1.54) is 24.5 Å². The maximum absolute atomic E-state index is 12.9. The average molecular weight is 787 g/mol. The number of rotatable bonds is 21. The van der Waals surface area contributed by atoms with Crippen molar-refractivity contribution in [2.24, 2.45) is 0 Å². The maximum Gasteiger partial charge on any atom is 0.373 e. The van der Waals surface area contributed by atoms with E-state index in [0.29, 0.717) is 44.5 Å². The maximum atomic E-state index is 12.9. The molecule has 0 spiro atoms. The SMILES string of the molecule is CCCC(NC(=O)NCCCCSCc1ccnc([18F])c1)C(=O)O.CCCC(NC(=O)NCCCSCc1ccnc([18F])c1)C(=O)O.O=C=O.O=C=O. The molecule has 2 aromatic rings. The Morgan fingerprint density at radius 2 is 1.08 bits per heavy atom. The lowest BCUT2D eigenvalue weighted by atomic mass is 10.2. The highest BCUT2D eigenvalue weighted by atomic mass is 32.2. The lowest BCUT2D eigenvalue weighted by Gasteiger charge is -2.14. The van der Waals surface area contributed by atoms with Gasteiger partial charge in [-0.3, -0.25) is 0 Å². The molecule has 0 aromatic carbocycles. The number of hydrogen-bond acceptors (Lipinski definition) is 12. The van der Waals surface area contributed by atoms with Gasteiger partial charge in [0.1, 0.15) is 12.1 Å². The zero-order valence-electron chi connectivity index (χ0n) is 29.4. The Hall–Kier alpha value is -4.90. The van der Waals surface area contributed by atoms with Crippen LogP contribution in [0.4, 0.5) is 18.4 Å². The molecule has 4 amide bonds. The molecular weight excluding hydrogens is 741 g/mol. The van der Waals surface area contributed by atoms with Crippen molar-refractivity contribution in [1.82, 2.24) is 31.2 Å². The number of urea groups is 2. The molecule has 0 radical (unpaired) electrons. The van der Waals surface area contributed by atoms with Crippen LogP contribution in [0.5, 0.6) is 0 Å². The standard InChI is InChI=1S/C16H24FN3O3S.C15H22FN3O3S.2CO2/c1-2-5-13(15(21)22)20-16(23)19-7-3-4-9-24-11-12-6-8-18-14(17)10-12;1-2-4-12(14(20)21)19-15(22)18-6-3-8-23-10-11-5-7-17-13(16)9-11;2*2-1-3/h6,8,10,13H,2-5,7,9,11H2,1H3,(H,21,22)(H2,19,20,23);5,7,9,12H,2-4,6,8,10H2,1H3,(H,20,21)(H2,18,19,22);;/i17-1;16-1;;. The van der Waals surface area contributed by atoms with Crippen LogP contribution in [0.25, 0.3) is 0 Å². The molecule has 0 aliphatic rings. The first-order valence-electron chi connectivity index (χ1n) is 16.3. The van der Waals surface area contributed by atoms with Crippen LogP contribution in [0.1, 0.15) is 69.9 Å². The molecular formula is C33H46F2N6O10S2. The molecule has 53 heavy (non-hydrogen) atoms. The van der Waals surface area contributed by atoms with Crippen LogP contribution < -0.4 is 21.3 Å². The fourth-order valence-corrected chi connectivity index (χ4v) is 5.74. The van der Waals surface area contributed by atoms with Gasteiger partial charge >= 0.3 is 36.3 Å². The Bertz CT molecular complexity index is 1410. The van der Waals surface area contributed by atoms with E-state index >= 15 is 0 Å². The number of aliphatic carboxylic acids is 2. The molecule has 2 aromatic heterocycles. The average Bonchev–Trinajstić information content (AvgIpc) is 3.10. The van der Waals surface area contributed by atoms with Gasteiger partial charge in [-0.1, -0.05) is 26.7 Å². The summed E-state index contributed by atoms with van der Waals surface area (Å²) < 4.78 is 25.8. The van der Waals surface area contributed by atoms with Gasteiger partial charge < -0.3 is 31.5 Å². The Morgan fingerprint density at radius 1 is 0.698 bits per heavy atom. The summed E-state index contributed by atoms with van der Waals surface area (Å²) in [5.74, 6) is 0.127. The topological polar surface area (TPSA) is 251 Å². The second-order valence-electron chi connectivity index (χ2n) is 10.5. The predicted octanol–water partition coefficient (Wildman–Crippen LogP) is 4.02. The van der Waals surface area contributed by atoms with Crippen LogP contribution in [0.3, 0.4) is 0 Å². The minimum absolute atomic E-state index is 0.250. The minimum Gasteiger partial charge on any atom is -0.480 e. The van der Waals surface area contributed by atoms with Crippen LogP contribution in [0.2, 0.25) is 0 Å². The molecule has 2 unspecified atom stereocenters. The number of pyridine rings is 2. The molecule has 0 saturated heterocycles. The van der Waals surface area contributed by atoms with Gasteiger partial charge in [-0.05, 0) is 79.0 Å². The Labute approximate surface area is 314 Å². The van der Waals surface area contributed by atoms with Crippen LogP contribution in [-0.2, 0) is 40.3 Å². The zero-order valence-corrected chi connectivity index (χ0v) is 31.1. The molecule has 0 aliphatic carbocycles. The summed E-state index contributed by atoms with van der Waals surface area (Å²) >= 11 is 3.33. The number of aromatic nitrogens is 2. The predicted molar refractivity (Wildman–Crippen MR) is 190 cm³/mol. The fraction of sp³-hybridized carbons (Fsp3) is 0.515. The second-order valence-corrected chi connectivity index (χ2v) is 12.7. The monoisotopic (exact) mass is 786 g/mol. The highest BCUT2D eigenvalue weighted by molar-refractivity contribution is 7.98. The van der Waals surface area contributed by atoms with E-state index < -0.39 is 48.0 Å². The van der Waals surface area contributed by atoms with Crippen LogP contribution in [0, 0.1) is 11.9 Å². The highest BCUT2D eigenvalue weighted by Crippen LogP contribution is 2.14. The lowest BCUT2D eigenvalue weighted by molar-refractivity contribution is -0.193. The van der Waals surface area contributed by atoms with Gasteiger partial charge in [-0.25, -0.2) is 29.1 Å². The summed E-state index contributed by atoms with van der Waals surface area (Å²) in [6.45, 7) is 4.69. The number of carbonyl (C=O) groups excluding carboxylic acids is 6. The molecule has 2 heterocycles. The Morgan fingerprint density at radius 3 is 1.43 bits per heavy atom. The van der Waals surface area contributed by atoms with Crippen molar-refractivity contribution >= 4 is 59.8 Å². The summed E-state index contributed by atoms with van der Waals surface area (Å²) in [7, 11) is 0. The van der Waals surface area contributed by atoms with E-state index in [2.05, 4.69) is 31.2 Å². The zero-order chi connectivity index (χ0) is 40.3. The number of thioether (sulfide) groups is 2. The Balaban J connectivity index is 0. The van der Waals surface area contributed by atoms with Crippen LogP contribution in [0.15, 0.2) is 36.7 Å². The molecule has 0 aliphatic heterocycles. The third kappa shape index (κ3) is 30.4. The van der Waals surface area contributed by atoms with E-state index in [4.69, 9.17) is 29.4 Å². The van der Waals surface area contributed by atoms with Crippen LogP contribution >= 0.6 is 23.5 Å². The number of carbonyl (C=O) groups is 4. The van der Waals surface area contributed by atoms with Crippen molar-refractivity contribution in [3.8, 4) is 0 Å². The molecule has 0 bridgehead atoms. The van der Waals surface area contributed by atoms with E-state index in [0.717, 1.165) is 47.6 Å². The first-order chi connectivity index (χ1) is 25.4. The van der Waals surface area contributed by atoms with Crippen molar-refractivity contribution in [1.29, 1.82) is 0 Å². The lowest BCUT2D eigenvalue weighted by Crippen LogP contribution is -2.46. The number of hydrogen-bond donors (Lipinski definition) is 6. The summed E-state index contributed by atoms with van der Waals surface area (Å²) in [6, 6.07) is 3.77. The van der Waals surface area contributed by atoms with Gasteiger partial charge in [0, 0.05) is 37.0 Å². The largest absolute Gasteiger partial charge is 0.480 e. The van der Waals surface area contributed by atoms with Crippen molar-refractivity contribution < 1.29 is 57.4 Å². The van der Waals surface area contributed by atoms with E-state index in [9.17, 15) is 28.0 Å². The van der Waals surface area contributed by atoms with Crippen molar-refractivity contribution in [2.75, 3.05) is 24.6 Å². The molecule has 0 saturated carbocycles. The first-order valence-corrected chi connectivity index (χ1v) is 18.6. The number of unbranched alkanes of at least 4 members (excludes halogenated alkanes) is 1. The van der Waals surface area contributed by atoms with Gasteiger partial charge in [0.25, 0.3) is 0 Å². The number of carboxylic acid groups (broad SMARTS) is 2. The van der Waals surface area contributed by atoms with Crippen molar-refractivity contribution in [3.05, 3.63) is 59.7 Å². The number of halogens is 2. The van der Waals surface area contributed by atoms with E-state index in [1.807, 2.05) is 13.8 Å². The normalized spacial score (nSPS) is 10.7. The van der Waals surface area contributed by atoms with Gasteiger partial charge in [0.2, 0.25) is 11.9 Å². The number of nitrogens with zero attached hydrogens (tertiary/aromatic N) is 2. The van der Waals surface area contributed by atoms with Crippen LogP contribution in [-0.4, -0.2) is 93.2 Å². The molecule has 16 nitrogen and oxygen atoms in total. The van der Waals surface area contributed by atoms with Gasteiger partial charge in [0.05, 0.1) is 0 Å². The van der Waals surface area contributed by atoms with E-state index in [-0.39, 0.29) is 12.3 Å². The summed E-state index contributed by atoms with van der Waals surface area (Å²) in [4.78, 5) is 84.6. The molecule has 20 heteroatoms. The molecule has 0 fully saturated rings. The molecule has 6 N–H and O–H groups in total. The first kappa shape index (κ1) is 50.2. The summed E-state index contributed by atoms with van der Waals surface area (Å²) in [5.41, 5.74) is 1.78. The van der Waals surface area contributed by atoms with Crippen molar-refractivity contribution in [3.63, 3.8) is 0 Å². The molecule has 294 valence electrons. The van der Waals surface area contributed by atoms with Gasteiger partial charge in [0.15, 0.2) is 0 Å².